The molecular formula is C20H35Cl2N3O3. The minimum Gasteiger partial charge on any atom is -0.493 e. The summed E-state index contributed by atoms with van der Waals surface area (Å²) in [5.41, 5.74) is 1.00. The molecule has 1 amide bonds. The molecule has 2 N–H and O–H groups in total. The predicted octanol–water partition coefficient (Wildman–Crippen LogP) is 3.02. The molecule has 1 atom stereocenters. The Morgan fingerprint density at radius 3 is 2.57 bits per heavy atom. The van der Waals surface area contributed by atoms with Crippen LogP contribution in [-0.2, 0) is 11.3 Å². The van der Waals surface area contributed by atoms with E-state index in [0.29, 0.717) is 18.9 Å². The summed E-state index contributed by atoms with van der Waals surface area (Å²) in [6, 6.07) is 5.76. The van der Waals surface area contributed by atoms with E-state index in [-0.39, 0.29) is 36.8 Å². The first kappa shape index (κ1) is 26.8. The Labute approximate surface area is 181 Å². The number of hydrogen-bond acceptors (Lipinski definition) is 5. The van der Waals surface area contributed by atoms with Crippen molar-refractivity contribution in [2.75, 3.05) is 39.9 Å². The van der Waals surface area contributed by atoms with Gasteiger partial charge >= 0.3 is 0 Å². The van der Waals surface area contributed by atoms with Crippen molar-refractivity contribution in [3.63, 3.8) is 0 Å². The number of nitrogens with zero attached hydrogens (tertiary/aromatic N) is 1. The molecule has 1 heterocycles. The smallest absolute Gasteiger partial charge is 0.237 e. The summed E-state index contributed by atoms with van der Waals surface area (Å²) in [5, 5.41) is 6.28. The monoisotopic (exact) mass is 435 g/mol. The molecular weight excluding hydrogens is 401 g/mol. The van der Waals surface area contributed by atoms with Crippen molar-refractivity contribution in [1.82, 2.24) is 15.5 Å². The van der Waals surface area contributed by atoms with Crippen LogP contribution in [-0.4, -0.2) is 56.7 Å². The van der Waals surface area contributed by atoms with E-state index >= 15 is 0 Å². The van der Waals surface area contributed by atoms with Crippen molar-refractivity contribution in [2.45, 2.75) is 45.7 Å². The molecule has 2 rings (SSSR count). The summed E-state index contributed by atoms with van der Waals surface area (Å²) in [5.74, 6) is 1.51. The quantitative estimate of drug-likeness (QED) is 0.591. The number of carbonyl (C=O) groups excluding carboxylic acids is 1. The maximum atomic E-state index is 12.2. The Balaban J connectivity index is 0.00000364. The van der Waals surface area contributed by atoms with E-state index in [1.54, 1.807) is 7.11 Å². The Hall–Kier alpha value is -1.21. The number of rotatable bonds is 10. The molecule has 0 aliphatic carbocycles. The van der Waals surface area contributed by atoms with Gasteiger partial charge in [0.25, 0.3) is 0 Å². The highest BCUT2D eigenvalue weighted by Crippen LogP contribution is 2.28. The van der Waals surface area contributed by atoms with Crippen molar-refractivity contribution >= 4 is 30.7 Å². The molecule has 0 saturated carbocycles. The minimum absolute atomic E-state index is 0. The normalized spacial score (nSPS) is 15.9. The fourth-order valence-electron chi connectivity index (χ4n) is 3.15. The molecule has 6 nitrogen and oxygen atoms in total. The largest absolute Gasteiger partial charge is 0.493 e. The van der Waals surface area contributed by atoms with Crippen LogP contribution in [0.4, 0.5) is 0 Å². The maximum Gasteiger partial charge on any atom is 0.237 e. The summed E-state index contributed by atoms with van der Waals surface area (Å²) < 4.78 is 11.3. The first-order chi connectivity index (χ1) is 12.7. The van der Waals surface area contributed by atoms with E-state index in [9.17, 15) is 4.79 Å². The molecule has 0 bridgehead atoms. The second-order valence-electron chi connectivity index (χ2n) is 6.58. The Bertz CT molecular complexity index is 566. The van der Waals surface area contributed by atoms with Gasteiger partial charge in [0.05, 0.1) is 13.2 Å². The lowest BCUT2D eigenvalue weighted by Crippen LogP contribution is -2.46. The standard InChI is InChI=1S/C20H33N3O3.2ClH/c1-4-23(5-2)12-13-26-18-10-9-16(14-19(18)25-3)15-22-20(24)17-8-6-7-11-21-17;;/h9-10,14,17,21H,4-8,11-13,15H2,1-3H3,(H,22,24);2*1H. The molecule has 1 aromatic carbocycles. The third-order valence-electron chi connectivity index (χ3n) is 4.88. The minimum atomic E-state index is -0.0617. The SMILES string of the molecule is CCN(CC)CCOc1ccc(CNC(=O)C2CCCCN2)cc1OC.Cl.Cl. The molecule has 8 heteroatoms. The van der Waals surface area contributed by atoms with E-state index < -0.39 is 0 Å². The van der Waals surface area contributed by atoms with Gasteiger partial charge in [-0.3, -0.25) is 4.79 Å². The number of amides is 1. The van der Waals surface area contributed by atoms with Crippen molar-refractivity contribution in [2.24, 2.45) is 0 Å². The zero-order valence-electron chi connectivity index (χ0n) is 17.2. The fraction of sp³-hybridized carbons (Fsp3) is 0.650. The molecule has 0 radical (unpaired) electrons. The lowest BCUT2D eigenvalue weighted by molar-refractivity contribution is -0.123. The molecule has 0 spiro atoms. The first-order valence-electron chi connectivity index (χ1n) is 9.71. The predicted molar refractivity (Wildman–Crippen MR) is 118 cm³/mol. The topological polar surface area (TPSA) is 62.8 Å². The zero-order valence-corrected chi connectivity index (χ0v) is 18.8. The molecule has 0 aromatic heterocycles. The Morgan fingerprint density at radius 1 is 1.21 bits per heavy atom. The molecule has 1 unspecified atom stereocenters. The Morgan fingerprint density at radius 2 is 1.96 bits per heavy atom. The van der Waals surface area contributed by atoms with Crippen LogP contribution in [0.2, 0.25) is 0 Å². The second kappa shape index (κ2) is 14.7. The molecule has 1 aromatic rings. The highest BCUT2D eigenvalue weighted by atomic mass is 35.5. The van der Waals surface area contributed by atoms with Gasteiger partial charge in [0.1, 0.15) is 6.61 Å². The lowest BCUT2D eigenvalue weighted by Gasteiger charge is -2.22. The van der Waals surface area contributed by atoms with Crippen LogP contribution < -0.4 is 20.1 Å². The molecule has 1 saturated heterocycles. The number of likely N-dealkylation sites (N-methyl/N-ethyl adjacent to an activating group) is 1. The van der Waals surface area contributed by atoms with Gasteiger partial charge in [0.2, 0.25) is 5.91 Å². The molecule has 28 heavy (non-hydrogen) atoms. The third kappa shape index (κ3) is 8.43. The lowest BCUT2D eigenvalue weighted by atomic mass is 10.0. The van der Waals surface area contributed by atoms with Gasteiger partial charge in [0.15, 0.2) is 11.5 Å². The van der Waals surface area contributed by atoms with E-state index in [0.717, 1.165) is 56.8 Å². The first-order valence-corrected chi connectivity index (χ1v) is 9.71. The average molecular weight is 436 g/mol. The summed E-state index contributed by atoms with van der Waals surface area (Å²) in [6.45, 7) is 9.27. The molecule has 1 aliphatic rings. The highest BCUT2D eigenvalue weighted by molar-refractivity contribution is 5.85. The van der Waals surface area contributed by atoms with E-state index in [1.165, 1.54) is 0 Å². The number of nitrogens with one attached hydrogen (secondary N) is 2. The van der Waals surface area contributed by atoms with Crippen LogP contribution in [0.15, 0.2) is 18.2 Å². The number of hydrogen-bond donors (Lipinski definition) is 2. The van der Waals surface area contributed by atoms with E-state index in [4.69, 9.17) is 9.47 Å². The molecule has 1 aliphatic heterocycles. The van der Waals surface area contributed by atoms with Gasteiger partial charge in [0, 0.05) is 13.1 Å². The van der Waals surface area contributed by atoms with Crippen LogP contribution in [0.5, 0.6) is 11.5 Å². The van der Waals surface area contributed by atoms with Crippen molar-refractivity contribution in [1.29, 1.82) is 0 Å². The van der Waals surface area contributed by atoms with Crippen LogP contribution >= 0.6 is 24.8 Å². The number of ether oxygens (including phenoxy) is 2. The van der Waals surface area contributed by atoms with E-state index in [2.05, 4.69) is 29.4 Å². The van der Waals surface area contributed by atoms with Crippen LogP contribution in [0, 0.1) is 0 Å². The van der Waals surface area contributed by atoms with Gasteiger partial charge in [-0.25, -0.2) is 0 Å². The van der Waals surface area contributed by atoms with Gasteiger partial charge in [-0.05, 0) is 50.2 Å². The number of halogens is 2. The number of carbonyl (C=O) groups is 1. The fourth-order valence-corrected chi connectivity index (χ4v) is 3.15. The Kier molecular flexibility index (Phi) is 14.1. The van der Waals surface area contributed by atoms with Gasteiger partial charge < -0.3 is 25.0 Å². The van der Waals surface area contributed by atoms with Crippen LogP contribution in [0.3, 0.4) is 0 Å². The van der Waals surface area contributed by atoms with Crippen molar-refractivity contribution < 1.29 is 14.3 Å². The third-order valence-corrected chi connectivity index (χ3v) is 4.88. The molecule has 1 fully saturated rings. The van der Waals surface area contributed by atoms with Gasteiger partial charge in [-0.15, -0.1) is 24.8 Å². The van der Waals surface area contributed by atoms with Gasteiger partial charge in [-0.1, -0.05) is 26.3 Å². The average Bonchev–Trinajstić information content (AvgIpc) is 2.70. The molecule has 162 valence electrons. The highest BCUT2D eigenvalue weighted by Gasteiger charge is 2.20. The number of piperidine rings is 1. The van der Waals surface area contributed by atoms with Crippen LogP contribution in [0.25, 0.3) is 0 Å². The summed E-state index contributed by atoms with van der Waals surface area (Å²) in [6.07, 6.45) is 3.17. The zero-order chi connectivity index (χ0) is 18.8. The number of methoxy groups -OCH3 is 1. The van der Waals surface area contributed by atoms with E-state index in [1.807, 2.05) is 18.2 Å². The summed E-state index contributed by atoms with van der Waals surface area (Å²) >= 11 is 0. The summed E-state index contributed by atoms with van der Waals surface area (Å²) in [4.78, 5) is 14.5. The summed E-state index contributed by atoms with van der Waals surface area (Å²) in [7, 11) is 1.64. The number of benzene rings is 1. The van der Waals surface area contributed by atoms with Gasteiger partial charge in [-0.2, -0.15) is 0 Å². The van der Waals surface area contributed by atoms with Crippen molar-refractivity contribution in [3.8, 4) is 11.5 Å². The maximum absolute atomic E-state index is 12.2. The van der Waals surface area contributed by atoms with Crippen molar-refractivity contribution in [3.05, 3.63) is 23.8 Å². The second-order valence-corrected chi connectivity index (χ2v) is 6.58. The van der Waals surface area contributed by atoms with Crippen LogP contribution in [0.1, 0.15) is 38.7 Å².